The lowest BCUT2D eigenvalue weighted by Gasteiger charge is -2.25. The summed E-state index contributed by atoms with van der Waals surface area (Å²) in [5.41, 5.74) is 0.199. The number of nitrogens with zero attached hydrogens (tertiary/aromatic N) is 4. The molecule has 1 aliphatic rings. The Bertz CT molecular complexity index is 939. The van der Waals surface area contributed by atoms with Crippen molar-refractivity contribution in [3.8, 4) is 11.5 Å². The van der Waals surface area contributed by atoms with Crippen molar-refractivity contribution in [1.82, 2.24) is 0 Å². The van der Waals surface area contributed by atoms with Gasteiger partial charge in [-0.25, -0.2) is 0 Å². The van der Waals surface area contributed by atoms with Crippen molar-refractivity contribution in [2.75, 3.05) is 0 Å². The van der Waals surface area contributed by atoms with Gasteiger partial charge in [-0.2, -0.15) is 0 Å². The van der Waals surface area contributed by atoms with Crippen molar-refractivity contribution in [1.29, 1.82) is 0 Å². The second-order valence-corrected chi connectivity index (χ2v) is 6.98. The Labute approximate surface area is 171 Å². The lowest BCUT2D eigenvalue weighted by atomic mass is 9.91. The molecule has 0 spiro atoms. The predicted octanol–water partition coefficient (Wildman–Crippen LogP) is 3.76. The van der Waals surface area contributed by atoms with E-state index in [0.717, 1.165) is 25.7 Å². The van der Waals surface area contributed by atoms with Gasteiger partial charge in [-0.15, -0.1) is 0 Å². The summed E-state index contributed by atoms with van der Waals surface area (Å²) < 4.78 is 0. The van der Waals surface area contributed by atoms with Crippen LogP contribution in [-0.4, -0.2) is 44.6 Å². The van der Waals surface area contributed by atoms with Gasteiger partial charge in [-0.3, -0.25) is 30.2 Å². The number of phenolic OH excluding ortho intramolecular Hbond substituents is 2. The quantitative estimate of drug-likeness (QED) is 0.419. The molecular weight excluding hydrogens is 392 g/mol. The minimum absolute atomic E-state index is 0.110. The van der Waals surface area contributed by atoms with Gasteiger partial charge in [-0.05, 0) is 25.0 Å². The maximum absolute atomic E-state index is 10.9. The van der Waals surface area contributed by atoms with Crippen LogP contribution >= 0.6 is 0 Å². The molecule has 1 aliphatic carbocycles. The molecule has 1 fully saturated rings. The third-order valence-corrected chi connectivity index (χ3v) is 4.95. The van der Waals surface area contributed by atoms with Crippen molar-refractivity contribution < 1.29 is 20.1 Å². The molecule has 0 amide bonds. The maximum Gasteiger partial charge on any atom is 0.270 e. The predicted molar refractivity (Wildman–Crippen MR) is 111 cm³/mol. The van der Waals surface area contributed by atoms with E-state index in [-0.39, 0.29) is 46.1 Å². The van der Waals surface area contributed by atoms with Crippen LogP contribution in [0.3, 0.4) is 0 Å². The molecule has 10 heteroatoms. The largest absolute Gasteiger partial charge is 0.507 e. The zero-order valence-electron chi connectivity index (χ0n) is 15.9. The SMILES string of the molecule is O=[N+]([O-])c1ccc(O)c(C=N[C@@H]2CCCC[C@H]2N=Cc2cc([N+](=O)[O-])ccc2O)c1. The normalized spacial score (nSPS) is 19.3. The summed E-state index contributed by atoms with van der Waals surface area (Å²) in [4.78, 5) is 29.7. The van der Waals surface area contributed by atoms with Gasteiger partial charge in [0, 0.05) is 47.8 Å². The number of hydrogen-bond donors (Lipinski definition) is 2. The third-order valence-electron chi connectivity index (χ3n) is 4.95. The lowest BCUT2D eigenvalue weighted by Crippen LogP contribution is -2.27. The first-order valence-corrected chi connectivity index (χ1v) is 9.36. The van der Waals surface area contributed by atoms with Gasteiger partial charge in [0.2, 0.25) is 0 Å². The van der Waals surface area contributed by atoms with E-state index in [1.54, 1.807) is 0 Å². The van der Waals surface area contributed by atoms with E-state index in [2.05, 4.69) is 9.98 Å². The molecule has 0 aliphatic heterocycles. The number of aromatic hydroxyl groups is 2. The minimum atomic E-state index is -0.546. The first kappa shape index (κ1) is 20.9. The molecule has 30 heavy (non-hydrogen) atoms. The zero-order chi connectivity index (χ0) is 21.7. The van der Waals surface area contributed by atoms with Crippen LogP contribution in [-0.2, 0) is 0 Å². The molecule has 10 nitrogen and oxygen atoms in total. The Kier molecular flexibility index (Phi) is 6.35. The molecule has 0 saturated heterocycles. The van der Waals surface area contributed by atoms with Gasteiger partial charge < -0.3 is 10.2 Å². The summed E-state index contributed by atoms with van der Waals surface area (Å²) in [5.74, 6) is -0.219. The van der Waals surface area contributed by atoms with E-state index in [1.807, 2.05) is 0 Å². The molecule has 0 aromatic heterocycles. The number of non-ortho nitro benzene ring substituents is 2. The molecule has 3 rings (SSSR count). The van der Waals surface area contributed by atoms with Gasteiger partial charge in [-0.1, -0.05) is 12.8 Å². The second-order valence-electron chi connectivity index (χ2n) is 6.98. The summed E-state index contributed by atoms with van der Waals surface area (Å²) in [6.45, 7) is 0. The van der Waals surface area contributed by atoms with E-state index in [1.165, 1.54) is 48.8 Å². The molecule has 0 radical (unpaired) electrons. The van der Waals surface area contributed by atoms with Crippen molar-refractivity contribution in [3.05, 3.63) is 67.8 Å². The fourth-order valence-corrected chi connectivity index (χ4v) is 3.31. The average molecular weight is 412 g/mol. The van der Waals surface area contributed by atoms with Crippen LogP contribution in [0.5, 0.6) is 11.5 Å². The standard InChI is InChI=1S/C20H20N4O6/c25-19-7-5-15(23(27)28)9-13(19)11-21-17-3-1-2-4-18(17)22-12-14-10-16(24(29)30)6-8-20(14)26/h5-12,17-18,25-26H,1-4H2/t17-,18-/m1/s1. The van der Waals surface area contributed by atoms with Crippen LogP contribution in [0.25, 0.3) is 0 Å². The fraction of sp³-hybridized carbons (Fsp3) is 0.300. The molecule has 2 aromatic rings. The molecule has 0 bridgehead atoms. The number of hydrogen-bond acceptors (Lipinski definition) is 8. The van der Waals surface area contributed by atoms with E-state index in [9.17, 15) is 30.4 Å². The van der Waals surface area contributed by atoms with Crippen LogP contribution in [0.15, 0.2) is 46.4 Å². The number of phenols is 2. The molecular formula is C20H20N4O6. The highest BCUT2D eigenvalue weighted by atomic mass is 16.6. The number of rotatable bonds is 6. The summed E-state index contributed by atoms with van der Waals surface area (Å²) in [7, 11) is 0. The van der Waals surface area contributed by atoms with E-state index in [4.69, 9.17) is 0 Å². The number of benzene rings is 2. The van der Waals surface area contributed by atoms with Gasteiger partial charge in [0.25, 0.3) is 11.4 Å². The highest BCUT2D eigenvalue weighted by Crippen LogP contribution is 2.27. The molecule has 0 heterocycles. The van der Waals surface area contributed by atoms with Crippen LogP contribution in [0, 0.1) is 20.2 Å². The van der Waals surface area contributed by atoms with Gasteiger partial charge >= 0.3 is 0 Å². The van der Waals surface area contributed by atoms with Crippen molar-refractivity contribution >= 4 is 23.8 Å². The first-order valence-electron chi connectivity index (χ1n) is 9.36. The van der Waals surface area contributed by atoms with E-state index in [0.29, 0.717) is 0 Å². The highest BCUT2D eigenvalue weighted by molar-refractivity contribution is 5.85. The average Bonchev–Trinajstić information content (AvgIpc) is 2.72. The Morgan fingerprint density at radius 1 is 0.800 bits per heavy atom. The van der Waals surface area contributed by atoms with Crippen molar-refractivity contribution in [2.24, 2.45) is 9.98 Å². The Morgan fingerprint density at radius 2 is 1.20 bits per heavy atom. The fourth-order valence-electron chi connectivity index (χ4n) is 3.31. The first-order chi connectivity index (χ1) is 14.3. The number of nitro groups is 2. The lowest BCUT2D eigenvalue weighted by molar-refractivity contribution is -0.385. The van der Waals surface area contributed by atoms with Crippen LogP contribution in [0.2, 0.25) is 0 Å². The number of nitro benzene ring substituents is 2. The Balaban J connectivity index is 1.81. The molecule has 2 atom stereocenters. The van der Waals surface area contributed by atoms with E-state index < -0.39 is 9.85 Å². The topological polar surface area (TPSA) is 151 Å². The van der Waals surface area contributed by atoms with Gasteiger partial charge in [0.15, 0.2) is 0 Å². The Morgan fingerprint density at radius 3 is 1.57 bits per heavy atom. The van der Waals surface area contributed by atoms with Crippen molar-refractivity contribution in [3.63, 3.8) is 0 Å². The third kappa shape index (κ3) is 4.96. The summed E-state index contributed by atoms with van der Waals surface area (Å²) in [6, 6.07) is 7.01. The second kappa shape index (κ2) is 9.12. The van der Waals surface area contributed by atoms with Crippen LogP contribution in [0.4, 0.5) is 11.4 Å². The molecule has 2 aromatic carbocycles. The summed E-state index contributed by atoms with van der Waals surface area (Å²) in [5, 5.41) is 41.7. The van der Waals surface area contributed by atoms with Crippen molar-refractivity contribution in [2.45, 2.75) is 37.8 Å². The smallest absolute Gasteiger partial charge is 0.270 e. The van der Waals surface area contributed by atoms with Gasteiger partial charge in [0.1, 0.15) is 11.5 Å². The highest BCUT2D eigenvalue weighted by Gasteiger charge is 2.23. The monoisotopic (exact) mass is 412 g/mol. The Hall–Kier alpha value is -3.82. The van der Waals surface area contributed by atoms with Gasteiger partial charge in [0.05, 0.1) is 21.9 Å². The summed E-state index contributed by atoms with van der Waals surface area (Å²) in [6.07, 6.45) is 6.19. The zero-order valence-corrected chi connectivity index (χ0v) is 15.9. The molecule has 0 unspecified atom stereocenters. The number of aliphatic imine (C=N–C) groups is 2. The van der Waals surface area contributed by atoms with Crippen LogP contribution < -0.4 is 0 Å². The van der Waals surface area contributed by atoms with Crippen LogP contribution in [0.1, 0.15) is 36.8 Å². The molecule has 2 N–H and O–H groups in total. The molecule has 1 saturated carbocycles. The minimum Gasteiger partial charge on any atom is -0.507 e. The summed E-state index contributed by atoms with van der Waals surface area (Å²) >= 11 is 0. The maximum atomic E-state index is 10.9. The molecule has 156 valence electrons. The van der Waals surface area contributed by atoms with E-state index >= 15 is 0 Å².